The topological polar surface area (TPSA) is 3.24 Å². The zero-order valence-corrected chi connectivity index (χ0v) is 13.8. The summed E-state index contributed by atoms with van der Waals surface area (Å²) in [5, 5.41) is 0. The van der Waals surface area contributed by atoms with Gasteiger partial charge >= 0.3 is 6.18 Å². The molecule has 124 valence electrons. The molecule has 0 rings (SSSR count). The van der Waals surface area contributed by atoms with E-state index in [2.05, 4.69) is 13.8 Å². The highest BCUT2D eigenvalue weighted by Gasteiger charge is 2.27. The van der Waals surface area contributed by atoms with Crippen molar-refractivity contribution in [2.24, 2.45) is 0 Å². The minimum atomic E-state index is -4.02. The van der Waals surface area contributed by atoms with E-state index in [1.807, 2.05) is 4.90 Å². The molecule has 0 bridgehead atoms. The maximum atomic E-state index is 12.3. The highest BCUT2D eigenvalue weighted by Crippen LogP contribution is 2.20. The number of hydrogen-bond acceptors (Lipinski definition) is 1. The number of unbranched alkanes of at least 4 members (excludes halogenated alkanes) is 6. The number of nitrogens with zero attached hydrogens (tertiary/aromatic N) is 1. The molecule has 0 unspecified atom stereocenters. The first-order chi connectivity index (χ1) is 8.99. The summed E-state index contributed by atoms with van der Waals surface area (Å²) >= 11 is 0. The van der Waals surface area contributed by atoms with Gasteiger partial charge in [-0.3, -0.25) is 0 Å². The largest absolute Gasteiger partial charge is 0.390 e. The summed E-state index contributed by atoms with van der Waals surface area (Å²) < 4.78 is 36.8. The molecule has 0 aromatic carbocycles. The predicted octanol–water partition coefficient (Wildman–Crippen LogP) is 5.82. The quantitative estimate of drug-likeness (QED) is 0.410. The number of rotatable bonds is 12. The lowest BCUT2D eigenvalue weighted by Crippen LogP contribution is -2.30. The highest BCUT2D eigenvalue weighted by molar-refractivity contribution is 5.85. The summed E-state index contributed by atoms with van der Waals surface area (Å²) in [6.07, 6.45) is 4.32. The molecule has 0 aliphatic rings. The lowest BCUT2D eigenvalue weighted by molar-refractivity contribution is -0.138. The Kier molecular flexibility index (Phi) is 15.6. The summed E-state index contributed by atoms with van der Waals surface area (Å²) in [6, 6.07) is 0. The maximum Gasteiger partial charge on any atom is 0.390 e. The van der Waals surface area contributed by atoms with Gasteiger partial charge < -0.3 is 4.90 Å². The van der Waals surface area contributed by atoms with E-state index in [4.69, 9.17) is 0 Å². The summed E-state index contributed by atoms with van der Waals surface area (Å²) in [7, 11) is 0. The third-order valence-corrected chi connectivity index (χ3v) is 3.37. The minimum absolute atomic E-state index is 0. The van der Waals surface area contributed by atoms with Crippen molar-refractivity contribution in [3.05, 3.63) is 0 Å². The third kappa shape index (κ3) is 16.1. The van der Waals surface area contributed by atoms with Crippen molar-refractivity contribution in [2.75, 3.05) is 19.6 Å². The normalized spacial score (nSPS) is 11.7. The SMILES string of the molecule is CCCCCCN(CCCCCC)CCC(F)(F)F.Cl. The monoisotopic (exact) mass is 317 g/mol. The van der Waals surface area contributed by atoms with Gasteiger partial charge in [0.2, 0.25) is 0 Å². The van der Waals surface area contributed by atoms with Crippen molar-refractivity contribution in [1.82, 2.24) is 4.90 Å². The first-order valence-corrected chi connectivity index (χ1v) is 7.78. The van der Waals surface area contributed by atoms with Crippen molar-refractivity contribution in [2.45, 2.75) is 77.8 Å². The zero-order chi connectivity index (χ0) is 14.6. The van der Waals surface area contributed by atoms with Crippen molar-refractivity contribution < 1.29 is 13.2 Å². The number of hydrogen-bond donors (Lipinski definition) is 0. The van der Waals surface area contributed by atoms with E-state index < -0.39 is 12.6 Å². The van der Waals surface area contributed by atoms with Crippen LogP contribution in [0.4, 0.5) is 13.2 Å². The molecule has 0 fully saturated rings. The summed E-state index contributed by atoms with van der Waals surface area (Å²) in [6.45, 7) is 6.10. The molecular weight excluding hydrogens is 287 g/mol. The Balaban J connectivity index is 0. The Hall–Kier alpha value is 0.0400. The minimum Gasteiger partial charge on any atom is -0.303 e. The van der Waals surface area contributed by atoms with Gasteiger partial charge in [-0.05, 0) is 25.9 Å². The first kappa shape index (κ1) is 22.3. The zero-order valence-electron chi connectivity index (χ0n) is 13.0. The van der Waals surface area contributed by atoms with E-state index in [1.54, 1.807) is 0 Å². The average Bonchev–Trinajstić information content (AvgIpc) is 2.34. The standard InChI is InChI=1S/C15H30F3N.ClH/c1-3-5-7-9-12-19(13-10-8-6-4-2)14-11-15(16,17)18;/h3-14H2,1-2H3;1H. The van der Waals surface area contributed by atoms with Crippen LogP contribution < -0.4 is 0 Å². The Morgan fingerprint density at radius 3 is 1.50 bits per heavy atom. The molecule has 0 saturated carbocycles. The molecule has 5 heteroatoms. The molecule has 1 nitrogen and oxygen atoms in total. The van der Waals surface area contributed by atoms with Gasteiger partial charge in [0.25, 0.3) is 0 Å². The predicted molar refractivity (Wildman–Crippen MR) is 82.6 cm³/mol. The second kappa shape index (κ2) is 14.0. The van der Waals surface area contributed by atoms with E-state index >= 15 is 0 Å². The number of alkyl halides is 3. The first-order valence-electron chi connectivity index (χ1n) is 7.78. The molecule has 0 spiro atoms. The molecule has 20 heavy (non-hydrogen) atoms. The van der Waals surface area contributed by atoms with Gasteiger partial charge in [-0.15, -0.1) is 12.4 Å². The number of halogens is 4. The average molecular weight is 318 g/mol. The molecule has 0 aliphatic carbocycles. The lowest BCUT2D eigenvalue weighted by Gasteiger charge is -2.23. The summed E-state index contributed by atoms with van der Waals surface area (Å²) in [5.74, 6) is 0. The van der Waals surface area contributed by atoms with Gasteiger partial charge in [0.1, 0.15) is 0 Å². The molecule has 0 atom stereocenters. The second-order valence-corrected chi connectivity index (χ2v) is 5.33. The van der Waals surface area contributed by atoms with Crippen LogP contribution >= 0.6 is 12.4 Å². The van der Waals surface area contributed by atoms with E-state index in [9.17, 15) is 13.2 Å². The van der Waals surface area contributed by atoms with Crippen LogP contribution in [0.15, 0.2) is 0 Å². The van der Waals surface area contributed by atoms with Crippen LogP contribution in [0.5, 0.6) is 0 Å². The fourth-order valence-corrected chi connectivity index (χ4v) is 2.14. The lowest BCUT2D eigenvalue weighted by atomic mass is 10.1. The van der Waals surface area contributed by atoms with Crippen LogP contribution in [0.25, 0.3) is 0 Å². The molecular formula is C15H31ClF3N. The molecule has 0 amide bonds. The summed E-state index contributed by atoms with van der Waals surface area (Å²) in [5.41, 5.74) is 0. The van der Waals surface area contributed by atoms with Crippen molar-refractivity contribution in [3.63, 3.8) is 0 Å². The van der Waals surface area contributed by atoms with Gasteiger partial charge in [-0.1, -0.05) is 52.4 Å². The van der Waals surface area contributed by atoms with Crippen molar-refractivity contribution in [1.29, 1.82) is 0 Å². The smallest absolute Gasteiger partial charge is 0.303 e. The fraction of sp³-hybridized carbons (Fsp3) is 1.00. The molecule has 0 heterocycles. The Morgan fingerprint density at radius 1 is 0.700 bits per heavy atom. The van der Waals surface area contributed by atoms with Gasteiger partial charge in [0, 0.05) is 6.54 Å². The maximum absolute atomic E-state index is 12.3. The Morgan fingerprint density at radius 2 is 1.15 bits per heavy atom. The van der Waals surface area contributed by atoms with E-state index in [-0.39, 0.29) is 19.0 Å². The highest BCUT2D eigenvalue weighted by atomic mass is 35.5. The van der Waals surface area contributed by atoms with Crippen molar-refractivity contribution >= 4 is 12.4 Å². The van der Waals surface area contributed by atoms with Gasteiger partial charge in [-0.2, -0.15) is 13.2 Å². The fourth-order valence-electron chi connectivity index (χ4n) is 2.14. The molecule has 0 aliphatic heterocycles. The van der Waals surface area contributed by atoms with Crippen LogP contribution in [-0.4, -0.2) is 30.7 Å². The third-order valence-electron chi connectivity index (χ3n) is 3.37. The van der Waals surface area contributed by atoms with Gasteiger partial charge in [0.05, 0.1) is 6.42 Å². The Labute approximate surface area is 128 Å². The van der Waals surface area contributed by atoms with E-state index in [0.29, 0.717) is 0 Å². The second-order valence-electron chi connectivity index (χ2n) is 5.33. The van der Waals surface area contributed by atoms with Crippen LogP contribution in [0, 0.1) is 0 Å². The van der Waals surface area contributed by atoms with E-state index in [0.717, 1.165) is 38.8 Å². The van der Waals surface area contributed by atoms with E-state index in [1.165, 1.54) is 25.7 Å². The van der Waals surface area contributed by atoms with Crippen LogP contribution in [-0.2, 0) is 0 Å². The van der Waals surface area contributed by atoms with Crippen LogP contribution in [0.1, 0.15) is 71.6 Å². The van der Waals surface area contributed by atoms with Gasteiger partial charge in [0.15, 0.2) is 0 Å². The molecule has 0 N–H and O–H groups in total. The van der Waals surface area contributed by atoms with Crippen LogP contribution in [0.3, 0.4) is 0 Å². The van der Waals surface area contributed by atoms with Crippen LogP contribution in [0.2, 0.25) is 0 Å². The Bertz CT molecular complexity index is 186. The van der Waals surface area contributed by atoms with Gasteiger partial charge in [-0.25, -0.2) is 0 Å². The summed E-state index contributed by atoms with van der Waals surface area (Å²) in [4.78, 5) is 2.00. The molecule has 0 aromatic rings. The molecule has 0 saturated heterocycles. The molecule has 0 radical (unpaired) electrons. The van der Waals surface area contributed by atoms with Crippen molar-refractivity contribution in [3.8, 4) is 0 Å². The molecule has 0 aromatic heterocycles.